The predicted molar refractivity (Wildman–Crippen MR) is 123 cm³/mol. The molecule has 0 aliphatic carbocycles. The number of nitro benzene ring substituents is 1. The summed E-state index contributed by atoms with van der Waals surface area (Å²) in [6, 6.07) is 15.7. The Morgan fingerprint density at radius 1 is 1.03 bits per heavy atom. The molecule has 1 saturated heterocycles. The van der Waals surface area contributed by atoms with E-state index in [1.165, 1.54) is 6.07 Å². The first-order chi connectivity index (χ1) is 14.4. The SMILES string of the molecule is O=[N+]([O-])c1cccc(N2CCN(C(=S)c3ccc(-c4cccc(Cl)c4Cl)o3)CC2)c1. The van der Waals surface area contributed by atoms with Crippen LogP contribution in [0.3, 0.4) is 0 Å². The monoisotopic (exact) mass is 461 g/mol. The lowest BCUT2D eigenvalue weighted by molar-refractivity contribution is -0.384. The average Bonchev–Trinajstić information content (AvgIpc) is 3.25. The Labute approximate surface area is 188 Å². The molecule has 0 saturated carbocycles. The van der Waals surface area contributed by atoms with Crippen LogP contribution in [0.2, 0.25) is 10.0 Å². The maximum atomic E-state index is 11.0. The van der Waals surface area contributed by atoms with Crippen molar-refractivity contribution in [1.82, 2.24) is 4.90 Å². The molecule has 2 aromatic carbocycles. The highest BCUT2D eigenvalue weighted by molar-refractivity contribution is 7.80. The van der Waals surface area contributed by atoms with Crippen molar-refractivity contribution in [2.45, 2.75) is 0 Å². The molecule has 0 amide bonds. The van der Waals surface area contributed by atoms with E-state index in [2.05, 4.69) is 9.80 Å². The number of halogens is 2. The minimum atomic E-state index is -0.379. The summed E-state index contributed by atoms with van der Waals surface area (Å²) in [5.41, 5.74) is 1.65. The third-order valence-electron chi connectivity index (χ3n) is 5.01. The fraction of sp³-hybridized carbons (Fsp3) is 0.190. The summed E-state index contributed by atoms with van der Waals surface area (Å²) in [6.45, 7) is 2.79. The van der Waals surface area contributed by atoms with E-state index in [0.717, 1.165) is 5.69 Å². The molecule has 0 N–H and O–H groups in total. The first-order valence-corrected chi connectivity index (χ1v) is 10.4. The third kappa shape index (κ3) is 4.14. The summed E-state index contributed by atoms with van der Waals surface area (Å²) in [6.07, 6.45) is 0. The first kappa shape index (κ1) is 20.7. The van der Waals surface area contributed by atoms with Gasteiger partial charge in [0.15, 0.2) is 5.76 Å². The molecule has 0 atom stereocenters. The minimum absolute atomic E-state index is 0.0910. The zero-order valence-electron chi connectivity index (χ0n) is 15.8. The highest BCUT2D eigenvalue weighted by atomic mass is 35.5. The zero-order valence-corrected chi connectivity index (χ0v) is 18.1. The molecule has 3 aromatic rings. The van der Waals surface area contributed by atoms with Crippen molar-refractivity contribution >= 4 is 51.8 Å². The molecule has 6 nitrogen and oxygen atoms in total. The van der Waals surface area contributed by atoms with Crippen molar-refractivity contribution in [2.24, 2.45) is 0 Å². The van der Waals surface area contributed by atoms with Crippen LogP contribution in [0.25, 0.3) is 11.3 Å². The number of hydrogen-bond acceptors (Lipinski definition) is 5. The van der Waals surface area contributed by atoms with E-state index in [1.54, 1.807) is 18.2 Å². The number of nitro groups is 1. The number of hydrogen-bond donors (Lipinski definition) is 0. The number of thiocarbonyl (C=S) groups is 1. The zero-order chi connectivity index (χ0) is 21.3. The van der Waals surface area contributed by atoms with Crippen LogP contribution in [-0.2, 0) is 0 Å². The highest BCUT2D eigenvalue weighted by Crippen LogP contribution is 2.34. The second-order valence-corrected chi connectivity index (χ2v) is 7.99. The van der Waals surface area contributed by atoms with E-state index in [0.29, 0.717) is 58.3 Å². The van der Waals surface area contributed by atoms with Gasteiger partial charge in [-0.15, -0.1) is 0 Å². The summed E-state index contributed by atoms with van der Waals surface area (Å²) >= 11 is 18.0. The maximum absolute atomic E-state index is 11.0. The van der Waals surface area contributed by atoms with Crippen LogP contribution >= 0.6 is 35.4 Å². The fourth-order valence-electron chi connectivity index (χ4n) is 3.42. The lowest BCUT2D eigenvalue weighted by Crippen LogP contribution is -2.48. The lowest BCUT2D eigenvalue weighted by Gasteiger charge is -2.36. The topological polar surface area (TPSA) is 62.8 Å². The molecule has 2 heterocycles. The van der Waals surface area contributed by atoms with E-state index in [4.69, 9.17) is 39.8 Å². The molecule has 1 aliphatic heterocycles. The van der Waals surface area contributed by atoms with Gasteiger partial charge in [0.05, 0.1) is 15.0 Å². The normalized spacial score (nSPS) is 14.1. The second kappa shape index (κ2) is 8.63. The largest absolute Gasteiger partial charge is 0.454 e. The van der Waals surface area contributed by atoms with Crippen LogP contribution in [-0.4, -0.2) is 41.0 Å². The first-order valence-electron chi connectivity index (χ1n) is 9.27. The van der Waals surface area contributed by atoms with Crippen LogP contribution < -0.4 is 4.90 Å². The van der Waals surface area contributed by atoms with Gasteiger partial charge in [0.1, 0.15) is 10.7 Å². The van der Waals surface area contributed by atoms with Gasteiger partial charge in [0.2, 0.25) is 0 Å². The van der Waals surface area contributed by atoms with Gasteiger partial charge in [-0.05, 0) is 30.3 Å². The van der Waals surface area contributed by atoms with Crippen molar-refractivity contribution in [3.05, 3.63) is 80.5 Å². The number of non-ortho nitro benzene ring substituents is 1. The maximum Gasteiger partial charge on any atom is 0.271 e. The molecule has 1 aliphatic rings. The summed E-state index contributed by atoms with van der Waals surface area (Å²) < 4.78 is 5.96. The minimum Gasteiger partial charge on any atom is -0.454 e. The summed E-state index contributed by atoms with van der Waals surface area (Å²) in [5.74, 6) is 1.20. The molecule has 30 heavy (non-hydrogen) atoms. The lowest BCUT2D eigenvalue weighted by atomic mass is 10.2. The standard InChI is InChI=1S/C21H17Cl2N3O3S/c22-17-6-2-5-16(20(17)23)18-7-8-19(29-18)21(30)25-11-9-24(10-12-25)14-3-1-4-15(13-14)26(27)28/h1-8,13H,9-12H2. The number of benzene rings is 2. The second-order valence-electron chi connectivity index (χ2n) is 6.82. The summed E-state index contributed by atoms with van der Waals surface area (Å²) in [4.78, 5) is 15.4. The number of nitrogens with zero attached hydrogens (tertiary/aromatic N) is 3. The smallest absolute Gasteiger partial charge is 0.271 e. The Morgan fingerprint density at radius 3 is 2.50 bits per heavy atom. The molecule has 1 fully saturated rings. The number of piperazine rings is 1. The molecular weight excluding hydrogens is 445 g/mol. The van der Waals surface area contributed by atoms with Crippen molar-refractivity contribution in [2.75, 3.05) is 31.1 Å². The molecule has 154 valence electrons. The van der Waals surface area contributed by atoms with Crippen molar-refractivity contribution in [1.29, 1.82) is 0 Å². The fourth-order valence-corrected chi connectivity index (χ4v) is 4.10. The van der Waals surface area contributed by atoms with Crippen LogP contribution in [0.15, 0.2) is 59.0 Å². The van der Waals surface area contributed by atoms with Crippen LogP contribution in [0.1, 0.15) is 5.76 Å². The number of furan rings is 1. The van der Waals surface area contributed by atoms with Gasteiger partial charge in [0, 0.05) is 49.6 Å². The molecule has 0 radical (unpaired) electrons. The highest BCUT2D eigenvalue weighted by Gasteiger charge is 2.23. The molecule has 4 rings (SSSR count). The predicted octanol–water partition coefficient (Wildman–Crippen LogP) is 5.66. The number of rotatable bonds is 4. The Bertz CT molecular complexity index is 1110. The van der Waals surface area contributed by atoms with Gasteiger partial charge in [-0.1, -0.05) is 47.6 Å². The number of anilines is 1. The third-order valence-corrected chi connectivity index (χ3v) is 6.28. The summed E-state index contributed by atoms with van der Waals surface area (Å²) in [7, 11) is 0. The van der Waals surface area contributed by atoms with Gasteiger partial charge in [-0.25, -0.2) is 0 Å². The van der Waals surface area contributed by atoms with E-state index < -0.39 is 0 Å². The van der Waals surface area contributed by atoms with Crippen LogP contribution in [0, 0.1) is 10.1 Å². The Morgan fingerprint density at radius 2 is 1.77 bits per heavy atom. The van der Waals surface area contributed by atoms with Gasteiger partial charge < -0.3 is 14.2 Å². The van der Waals surface area contributed by atoms with Crippen LogP contribution in [0.4, 0.5) is 11.4 Å². The van der Waals surface area contributed by atoms with Crippen LogP contribution in [0.5, 0.6) is 0 Å². The summed E-state index contributed by atoms with van der Waals surface area (Å²) in [5, 5.41) is 11.9. The van der Waals surface area contributed by atoms with Gasteiger partial charge in [-0.3, -0.25) is 10.1 Å². The Kier molecular flexibility index (Phi) is 5.94. The average molecular weight is 462 g/mol. The van der Waals surface area contributed by atoms with Crippen molar-refractivity contribution < 1.29 is 9.34 Å². The Hall–Kier alpha value is -2.61. The van der Waals surface area contributed by atoms with Gasteiger partial charge in [-0.2, -0.15) is 0 Å². The van der Waals surface area contributed by atoms with E-state index in [-0.39, 0.29) is 10.6 Å². The Balaban J connectivity index is 1.44. The van der Waals surface area contributed by atoms with Crippen molar-refractivity contribution in [3.63, 3.8) is 0 Å². The van der Waals surface area contributed by atoms with Gasteiger partial charge >= 0.3 is 0 Å². The molecule has 1 aromatic heterocycles. The molecule has 0 bridgehead atoms. The molecule has 0 spiro atoms. The van der Waals surface area contributed by atoms with E-state index >= 15 is 0 Å². The van der Waals surface area contributed by atoms with E-state index in [1.807, 2.05) is 30.3 Å². The quantitative estimate of drug-likeness (QED) is 0.283. The molecular formula is C21H17Cl2N3O3S. The van der Waals surface area contributed by atoms with Crippen molar-refractivity contribution in [3.8, 4) is 11.3 Å². The molecule has 9 heteroatoms. The van der Waals surface area contributed by atoms with E-state index in [9.17, 15) is 10.1 Å². The van der Waals surface area contributed by atoms with Gasteiger partial charge in [0.25, 0.3) is 5.69 Å². The molecule has 0 unspecified atom stereocenters.